The van der Waals surface area contributed by atoms with E-state index in [0.717, 1.165) is 22.6 Å². The summed E-state index contributed by atoms with van der Waals surface area (Å²) in [6, 6.07) is 17.4. The molecule has 29 heavy (non-hydrogen) atoms. The minimum atomic E-state index is -0.757. The third kappa shape index (κ3) is 4.07. The largest absolute Gasteiger partial charge is 0.493 e. The van der Waals surface area contributed by atoms with Gasteiger partial charge in [-0.15, -0.1) is 0 Å². The molecule has 6 heteroatoms. The van der Waals surface area contributed by atoms with Crippen LogP contribution in [-0.2, 0) is 0 Å². The van der Waals surface area contributed by atoms with E-state index in [9.17, 15) is 9.90 Å². The fourth-order valence-electron chi connectivity index (χ4n) is 3.22. The molecular weight excluding hydrogens is 366 g/mol. The molecule has 0 radical (unpaired) electrons. The molecule has 6 nitrogen and oxygen atoms in total. The molecule has 4 aromatic rings. The van der Waals surface area contributed by atoms with Crippen molar-refractivity contribution in [3.05, 3.63) is 77.5 Å². The number of aromatic amines is 1. The second-order valence-corrected chi connectivity index (χ2v) is 7.61. The fraction of sp³-hybridized carbons (Fsp3) is 0.217. The summed E-state index contributed by atoms with van der Waals surface area (Å²) < 4.78 is 7.64. The number of fused-ring (bicyclic) bond motifs is 1. The third-order valence-corrected chi connectivity index (χ3v) is 4.77. The molecule has 0 bridgehead atoms. The van der Waals surface area contributed by atoms with Gasteiger partial charge in [0.05, 0.1) is 23.9 Å². The van der Waals surface area contributed by atoms with E-state index in [1.165, 1.54) is 6.33 Å². The molecule has 4 rings (SSSR count). The Labute approximate surface area is 168 Å². The Morgan fingerprint density at radius 2 is 1.83 bits per heavy atom. The SMILES string of the molecule is CC(C)(O)CCOc1ccc(-c2cn(-c3ccccc3)c3nc[nH]c(=O)c23)cc1. The van der Waals surface area contributed by atoms with Crippen LogP contribution in [-0.4, -0.2) is 31.8 Å². The maximum Gasteiger partial charge on any atom is 0.260 e. The summed E-state index contributed by atoms with van der Waals surface area (Å²) in [6.45, 7) is 3.95. The van der Waals surface area contributed by atoms with Crippen molar-refractivity contribution in [1.29, 1.82) is 0 Å². The average molecular weight is 389 g/mol. The number of ether oxygens (including phenoxy) is 1. The van der Waals surface area contributed by atoms with E-state index in [4.69, 9.17) is 4.74 Å². The number of hydrogen-bond acceptors (Lipinski definition) is 4. The van der Waals surface area contributed by atoms with Gasteiger partial charge >= 0.3 is 0 Å². The second kappa shape index (κ2) is 7.56. The number of rotatable bonds is 6. The molecule has 0 aliphatic carbocycles. The van der Waals surface area contributed by atoms with Crippen LogP contribution in [0.1, 0.15) is 20.3 Å². The van der Waals surface area contributed by atoms with E-state index in [-0.39, 0.29) is 5.56 Å². The summed E-state index contributed by atoms with van der Waals surface area (Å²) in [5.41, 5.74) is 2.33. The molecule has 0 aliphatic rings. The molecule has 2 aromatic heterocycles. The number of H-pyrrole nitrogens is 1. The fourth-order valence-corrected chi connectivity index (χ4v) is 3.22. The molecule has 0 spiro atoms. The van der Waals surface area contributed by atoms with E-state index in [2.05, 4.69) is 9.97 Å². The van der Waals surface area contributed by atoms with Crippen LogP contribution in [0.3, 0.4) is 0 Å². The Hall–Kier alpha value is -3.38. The highest BCUT2D eigenvalue weighted by molar-refractivity contribution is 5.94. The van der Waals surface area contributed by atoms with Crippen LogP contribution < -0.4 is 10.3 Å². The lowest BCUT2D eigenvalue weighted by Gasteiger charge is -2.17. The molecule has 2 aromatic carbocycles. The monoisotopic (exact) mass is 389 g/mol. The standard InChI is InChI=1S/C23H23N3O3/c1-23(2,28)12-13-29-18-10-8-16(9-11-18)19-14-26(17-6-4-3-5-7-17)21-20(19)22(27)25-15-24-21/h3-11,14-15,28H,12-13H2,1-2H3,(H,24,25,27). The van der Waals surface area contributed by atoms with Crippen LogP contribution in [0.5, 0.6) is 5.75 Å². The van der Waals surface area contributed by atoms with Crippen LogP contribution in [0.25, 0.3) is 27.8 Å². The zero-order chi connectivity index (χ0) is 20.4. The van der Waals surface area contributed by atoms with Gasteiger partial charge in [-0.2, -0.15) is 0 Å². The zero-order valence-electron chi connectivity index (χ0n) is 16.4. The van der Waals surface area contributed by atoms with Crippen molar-refractivity contribution in [2.45, 2.75) is 25.9 Å². The van der Waals surface area contributed by atoms with Crippen LogP contribution in [0.2, 0.25) is 0 Å². The van der Waals surface area contributed by atoms with Gasteiger partial charge in [0.25, 0.3) is 5.56 Å². The molecule has 2 heterocycles. The highest BCUT2D eigenvalue weighted by atomic mass is 16.5. The van der Waals surface area contributed by atoms with E-state index < -0.39 is 5.60 Å². The third-order valence-electron chi connectivity index (χ3n) is 4.77. The van der Waals surface area contributed by atoms with Gasteiger partial charge in [-0.25, -0.2) is 4.98 Å². The van der Waals surface area contributed by atoms with E-state index in [1.54, 1.807) is 13.8 Å². The Bertz CT molecular complexity index is 1170. The molecule has 0 aliphatic heterocycles. The number of nitrogens with zero attached hydrogens (tertiary/aromatic N) is 2. The van der Waals surface area contributed by atoms with Gasteiger partial charge in [0, 0.05) is 23.9 Å². The van der Waals surface area contributed by atoms with Crippen molar-refractivity contribution in [1.82, 2.24) is 14.5 Å². The smallest absolute Gasteiger partial charge is 0.260 e. The van der Waals surface area contributed by atoms with Crippen LogP contribution in [0, 0.1) is 0 Å². The quantitative estimate of drug-likeness (QED) is 0.524. The van der Waals surface area contributed by atoms with Gasteiger partial charge in [-0.05, 0) is 43.7 Å². The molecule has 0 saturated carbocycles. The molecular formula is C23H23N3O3. The van der Waals surface area contributed by atoms with Gasteiger partial charge in [0.1, 0.15) is 5.75 Å². The van der Waals surface area contributed by atoms with Crippen molar-refractivity contribution in [3.8, 4) is 22.6 Å². The summed E-state index contributed by atoms with van der Waals surface area (Å²) in [6.07, 6.45) is 3.90. The van der Waals surface area contributed by atoms with Gasteiger partial charge in [0.2, 0.25) is 0 Å². The maximum absolute atomic E-state index is 12.6. The average Bonchev–Trinajstić information content (AvgIpc) is 3.09. The number of aromatic nitrogens is 3. The predicted molar refractivity (Wildman–Crippen MR) is 114 cm³/mol. The molecule has 0 unspecified atom stereocenters. The number of benzene rings is 2. The number of nitrogens with one attached hydrogen (secondary N) is 1. The van der Waals surface area contributed by atoms with Gasteiger partial charge in [0.15, 0.2) is 5.65 Å². The Morgan fingerprint density at radius 3 is 2.52 bits per heavy atom. The molecule has 0 amide bonds. The van der Waals surface area contributed by atoms with Gasteiger partial charge < -0.3 is 19.4 Å². The molecule has 0 atom stereocenters. The summed E-state index contributed by atoms with van der Waals surface area (Å²) in [5, 5.41) is 10.3. The van der Waals surface area contributed by atoms with Crippen LogP contribution >= 0.6 is 0 Å². The van der Waals surface area contributed by atoms with Crippen molar-refractivity contribution in [3.63, 3.8) is 0 Å². The lowest BCUT2D eigenvalue weighted by atomic mass is 10.1. The Kier molecular flexibility index (Phi) is 4.94. The predicted octanol–water partition coefficient (Wildman–Crippen LogP) is 3.92. The van der Waals surface area contributed by atoms with Crippen molar-refractivity contribution in [2.75, 3.05) is 6.61 Å². The first-order valence-electron chi connectivity index (χ1n) is 9.52. The van der Waals surface area contributed by atoms with Crippen molar-refractivity contribution in [2.24, 2.45) is 0 Å². The summed E-state index contributed by atoms with van der Waals surface area (Å²) in [4.78, 5) is 19.6. The van der Waals surface area contributed by atoms with Crippen molar-refractivity contribution < 1.29 is 9.84 Å². The lowest BCUT2D eigenvalue weighted by Crippen LogP contribution is -2.21. The highest BCUT2D eigenvalue weighted by Crippen LogP contribution is 2.30. The minimum Gasteiger partial charge on any atom is -0.493 e. The van der Waals surface area contributed by atoms with Gasteiger partial charge in [-0.1, -0.05) is 30.3 Å². The highest BCUT2D eigenvalue weighted by Gasteiger charge is 2.16. The van der Waals surface area contributed by atoms with Crippen LogP contribution in [0.4, 0.5) is 0 Å². The molecule has 148 valence electrons. The van der Waals surface area contributed by atoms with Crippen LogP contribution in [0.15, 0.2) is 71.9 Å². The molecule has 0 fully saturated rings. The first-order valence-corrected chi connectivity index (χ1v) is 9.52. The lowest BCUT2D eigenvalue weighted by molar-refractivity contribution is 0.0553. The van der Waals surface area contributed by atoms with E-state index >= 15 is 0 Å². The minimum absolute atomic E-state index is 0.176. The number of aliphatic hydroxyl groups is 1. The summed E-state index contributed by atoms with van der Waals surface area (Å²) in [5.74, 6) is 0.719. The molecule has 0 saturated heterocycles. The number of hydrogen-bond donors (Lipinski definition) is 2. The van der Waals surface area contributed by atoms with E-state index in [1.807, 2.05) is 65.4 Å². The second-order valence-electron chi connectivity index (χ2n) is 7.61. The summed E-state index contributed by atoms with van der Waals surface area (Å²) >= 11 is 0. The van der Waals surface area contributed by atoms with Gasteiger partial charge in [-0.3, -0.25) is 4.79 Å². The molecule has 2 N–H and O–H groups in total. The normalized spacial score (nSPS) is 11.7. The first kappa shape index (κ1) is 19.0. The van der Waals surface area contributed by atoms with E-state index in [0.29, 0.717) is 24.1 Å². The zero-order valence-corrected chi connectivity index (χ0v) is 16.4. The topological polar surface area (TPSA) is 80.1 Å². The van der Waals surface area contributed by atoms with Crippen molar-refractivity contribution >= 4 is 11.0 Å². The first-order chi connectivity index (χ1) is 13.9. The summed E-state index contributed by atoms with van der Waals surface area (Å²) in [7, 11) is 0. The number of para-hydroxylation sites is 1. The maximum atomic E-state index is 12.6. The Morgan fingerprint density at radius 1 is 1.10 bits per heavy atom. The Balaban J connectivity index is 1.70.